The molecule has 1 fully saturated rings. The van der Waals surface area contributed by atoms with Crippen molar-refractivity contribution in [3.8, 4) is 0 Å². The molecule has 0 atom stereocenters. The van der Waals surface area contributed by atoms with Crippen LogP contribution in [0.15, 0.2) is 11.6 Å². The highest BCUT2D eigenvalue weighted by Crippen LogP contribution is 2.27. The van der Waals surface area contributed by atoms with Gasteiger partial charge in [-0.2, -0.15) is 0 Å². The molecule has 0 aliphatic carbocycles. The Morgan fingerprint density at radius 2 is 2.24 bits per heavy atom. The van der Waals surface area contributed by atoms with Crippen LogP contribution in [-0.4, -0.2) is 52.3 Å². The minimum atomic E-state index is -1.01. The summed E-state index contributed by atoms with van der Waals surface area (Å²) in [5.74, 6) is -1.01. The summed E-state index contributed by atoms with van der Waals surface area (Å²) in [6.07, 6.45) is 1.70. The summed E-state index contributed by atoms with van der Waals surface area (Å²) < 4.78 is 5.28. The zero-order valence-corrected chi connectivity index (χ0v) is 13.1. The maximum absolute atomic E-state index is 12.2. The minimum Gasteiger partial charge on any atom is -0.480 e. The minimum absolute atomic E-state index is 0.202. The van der Waals surface area contributed by atoms with Crippen LogP contribution in [0.3, 0.4) is 0 Å². The van der Waals surface area contributed by atoms with Gasteiger partial charge in [0.15, 0.2) is 0 Å². The summed E-state index contributed by atoms with van der Waals surface area (Å²) in [5.41, 5.74) is -1.12. The highest BCUT2D eigenvalue weighted by atomic mass is 32.1. The van der Waals surface area contributed by atoms with Gasteiger partial charge < -0.3 is 20.1 Å². The lowest BCUT2D eigenvalue weighted by atomic mass is 9.96. The molecule has 0 radical (unpaired) electrons. The van der Waals surface area contributed by atoms with E-state index in [-0.39, 0.29) is 12.6 Å². The fourth-order valence-electron chi connectivity index (χ4n) is 2.16. The van der Waals surface area contributed by atoms with Crippen molar-refractivity contribution in [2.24, 2.45) is 0 Å². The highest BCUT2D eigenvalue weighted by Gasteiger charge is 2.44. The Morgan fingerprint density at radius 3 is 2.76 bits per heavy atom. The lowest BCUT2D eigenvalue weighted by Gasteiger charge is -2.47. The standard InChI is InChI=1S/C13H19N3O4S/c1-12(2,10-14-4-5-21-10)15-11(19)16-7-13(3,8-16)20-6-9(17)18/h4-5H,6-8H2,1-3H3,(H,15,19)(H,17,18). The van der Waals surface area contributed by atoms with Crippen molar-refractivity contribution in [2.75, 3.05) is 19.7 Å². The van der Waals surface area contributed by atoms with Crippen LogP contribution in [0.5, 0.6) is 0 Å². The van der Waals surface area contributed by atoms with E-state index in [1.807, 2.05) is 19.2 Å². The zero-order chi connectivity index (χ0) is 15.7. The van der Waals surface area contributed by atoms with Crippen LogP contribution in [0.25, 0.3) is 0 Å². The first kappa shape index (κ1) is 15.7. The number of nitrogens with one attached hydrogen (secondary N) is 1. The van der Waals surface area contributed by atoms with E-state index in [4.69, 9.17) is 9.84 Å². The van der Waals surface area contributed by atoms with Crippen molar-refractivity contribution in [1.82, 2.24) is 15.2 Å². The van der Waals surface area contributed by atoms with E-state index < -0.39 is 17.1 Å². The fourth-order valence-corrected chi connectivity index (χ4v) is 2.88. The number of thiazole rings is 1. The van der Waals surface area contributed by atoms with E-state index >= 15 is 0 Å². The maximum atomic E-state index is 12.2. The lowest BCUT2D eigenvalue weighted by molar-refractivity contribution is -0.159. The topological polar surface area (TPSA) is 91.8 Å². The molecule has 1 saturated heterocycles. The Balaban J connectivity index is 1.85. The molecular formula is C13H19N3O4S. The third kappa shape index (κ3) is 3.70. The number of carbonyl (C=O) groups is 2. The van der Waals surface area contributed by atoms with Crippen LogP contribution >= 0.6 is 11.3 Å². The number of urea groups is 1. The van der Waals surface area contributed by atoms with Gasteiger partial charge in [0.1, 0.15) is 17.2 Å². The van der Waals surface area contributed by atoms with Crippen molar-refractivity contribution in [2.45, 2.75) is 31.9 Å². The second kappa shape index (κ2) is 5.61. The van der Waals surface area contributed by atoms with E-state index in [2.05, 4.69) is 10.3 Å². The molecular weight excluding hydrogens is 294 g/mol. The first-order valence-corrected chi connectivity index (χ1v) is 7.43. The molecule has 2 rings (SSSR count). The third-order valence-corrected chi connectivity index (χ3v) is 4.37. The van der Waals surface area contributed by atoms with Gasteiger partial charge in [0.2, 0.25) is 0 Å². The largest absolute Gasteiger partial charge is 0.480 e. The van der Waals surface area contributed by atoms with E-state index in [0.717, 1.165) is 5.01 Å². The van der Waals surface area contributed by atoms with Crippen LogP contribution in [0.2, 0.25) is 0 Å². The third-order valence-electron chi connectivity index (χ3n) is 3.27. The number of nitrogens with zero attached hydrogens (tertiary/aromatic N) is 2. The van der Waals surface area contributed by atoms with Crippen LogP contribution in [0, 0.1) is 0 Å². The predicted octanol–water partition coefficient (Wildman–Crippen LogP) is 1.26. The summed E-state index contributed by atoms with van der Waals surface area (Å²) in [5, 5.41) is 14.2. The predicted molar refractivity (Wildman–Crippen MR) is 77.2 cm³/mol. The number of carbonyl (C=O) groups excluding carboxylic acids is 1. The molecule has 2 heterocycles. The Morgan fingerprint density at radius 1 is 1.57 bits per heavy atom. The van der Waals surface area contributed by atoms with E-state index in [0.29, 0.717) is 13.1 Å². The SMILES string of the molecule is CC1(OCC(=O)O)CN(C(=O)NC(C)(C)c2nccs2)C1. The lowest BCUT2D eigenvalue weighted by Crippen LogP contribution is -2.66. The molecule has 2 amide bonds. The van der Waals surface area contributed by atoms with E-state index in [1.165, 1.54) is 11.3 Å². The van der Waals surface area contributed by atoms with Crippen LogP contribution in [0.4, 0.5) is 4.79 Å². The number of amides is 2. The van der Waals surface area contributed by atoms with E-state index in [1.54, 1.807) is 18.0 Å². The average molecular weight is 313 g/mol. The van der Waals surface area contributed by atoms with Crippen molar-refractivity contribution in [1.29, 1.82) is 0 Å². The summed E-state index contributed by atoms with van der Waals surface area (Å²) in [6.45, 7) is 5.98. The number of rotatable bonds is 5. The summed E-state index contributed by atoms with van der Waals surface area (Å²) in [6, 6.07) is -0.202. The Hall–Kier alpha value is -1.67. The zero-order valence-electron chi connectivity index (χ0n) is 12.3. The molecule has 8 heteroatoms. The van der Waals surface area contributed by atoms with Crippen molar-refractivity contribution < 1.29 is 19.4 Å². The number of aromatic nitrogens is 1. The molecule has 0 saturated carbocycles. The van der Waals surface area contributed by atoms with Gasteiger partial charge in [-0.05, 0) is 20.8 Å². The van der Waals surface area contributed by atoms with Crippen molar-refractivity contribution >= 4 is 23.3 Å². The Kier molecular flexibility index (Phi) is 4.20. The van der Waals surface area contributed by atoms with E-state index in [9.17, 15) is 9.59 Å². The van der Waals surface area contributed by atoms with Gasteiger partial charge >= 0.3 is 12.0 Å². The molecule has 1 aromatic heterocycles. The number of aliphatic carboxylic acids is 1. The van der Waals surface area contributed by atoms with Gasteiger partial charge in [-0.25, -0.2) is 14.6 Å². The molecule has 1 aliphatic rings. The van der Waals surface area contributed by atoms with Gasteiger partial charge in [-0.3, -0.25) is 0 Å². The quantitative estimate of drug-likeness (QED) is 0.854. The smallest absolute Gasteiger partial charge is 0.329 e. The van der Waals surface area contributed by atoms with Crippen molar-refractivity contribution in [3.05, 3.63) is 16.6 Å². The first-order chi connectivity index (χ1) is 9.72. The molecule has 1 aliphatic heterocycles. The molecule has 2 N–H and O–H groups in total. The first-order valence-electron chi connectivity index (χ1n) is 6.55. The molecule has 0 spiro atoms. The number of ether oxygens (including phenoxy) is 1. The fraction of sp³-hybridized carbons (Fsp3) is 0.615. The normalized spacial score (nSPS) is 17.2. The molecule has 116 valence electrons. The van der Waals surface area contributed by atoms with Gasteiger partial charge in [-0.15, -0.1) is 11.3 Å². The molecule has 1 aromatic rings. The van der Waals surface area contributed by atoms with Crippen LogP contribution in [0.1, 0.15) is 25.8 Å². The number of hydrogen-bond acceptors (Lipinski definition) is 5. The molecule has 0 unspecified atom stereocenters. The average Bonchev–Trinajstić information content (AvgIpc) is 2.86. The second-order valence-electron chi connectivity index (χ2n) is 5.88. The van der Waals surface area contributed by atoms with Crippen molar-refractivity contribution in [3.63, 3.8) is 0 Å². The van der Waals surface area contributed by atoms with Crippen LogP contribution in [-0.2, 0) is 15.1 Å². The molecule has 0 aromatic carbocycles. The number of carboxylic acids is 1. The number of likely N-dealkylation sites (tertiary alicyclic amines) is 1. The van der Waals surface area contributed by atoms with Gasteiger partial charge in [0, 0.05) is 11.6 Å². The van der Waals surface area contributed by atoms with Crippen LogP contribution < -0.4 is 5.32 Å². The summed E-state index contributed by atoms with van der Waals surface area (Å²) >= 11 is 1.49. The van der Waals surface area contributed by atoms with Gasteiger partial charge in [0.25, 0.3) is 0 Å². The summed E-state index contributed by atoms with van der Waals surface area (Å²) in [4.78, 5) is 28.5. The Bertz CT molecular complexity index is 524. The molecule has 0 bridgehead atoms. The second-order valence-corrected chi connectivity index (χ2v) is 6.78. The monoisotopic (exact) mass is 313 g/mol. The number of carboxylic acid groups (broad SMARTS) is 1. The molecule has 7 nitrogen and oxygen atoms in total. The van der Waals surface area contributed by atoms with Gasteiger partial charge in [-0.1, -0.05) is 0 Å². The maximum Gasteiger partial charge on any atom is 0.329 e. The highest BCUT2D eigenvalue weighted by molar-refractivity contribution is 7.09. The summed E-state index contributed by atoms with van der Waals surface area (Å²) in [7, 11) is 0. The molecule has 21 heavy (non-hydrogen) atoms. The van der Waals surface area contributed by atoms with Gasteiger partial charge in [0.05, 0.1) is 18.6 Å². The number of hydrogen-bond donors (Lipinski definition) is 2. The Labute approximate surface area is 126 Å².